The quantitative estimate of drug-likeness (QED) is 0.182. The summed E-state index contributed by atoms with van der Waals surface area (Å²) in [7, 11) is 2.73. The van der Waals surface area contributed by atoms with E-state index in [1.807, 2.05) is 40.7 Å². The number of carbonyl (C=O) groups excluding carboxylic acids is 2. The van der Waals surface area contributed by atoms with Gasteiger partial charge in [-0.3, -0.25) is 14.4 Å². The van der Waals surface area contributed by atoms with Crippen molar-refractivity contribution in [1.29, 1.82) is 0 Å². The van der Waals surface area contributed by atoms with Gasteiger partial charge in [-0.25, -0.2) is 4.79 Å². The molecule has 1 aliphatic rings. The molecule has 2 N–H and O–H groups in total. The lowest BCUT2D eigenvalue weighted by atomic mass is 9.84. The number of hydrogen-bond donors (Lipinski definition) is 2. The van der Waals surface area contributed by atoms with E-state index in [2.05, 4.69) is 10.6 Å². The Morgan fingerprint density at radius 1 is 1.02 bits per heavy atom. The maximum atomic E-state index is 13.9. The molecule has 4 aromatic rings. The Morgan fingerprint density at radius 2 is 1.72 bits per heavy atom. The van der Waals surface area contributed by atoms with Crippen LogP contribution in [0.15, 0.2) is 50.4 Å². The molecule has 224 valence electrons. The molecule has 1 amide bonds. The number of esters is 1. The van der Waals surface area contributed by atoms with Gasteiger partial charge in [0.25, 0.3) is 16.8 Å². The van der Waals surface area contributed by atoms with Gasteiger partial charge in [0.15, 0.2) is 0 Å². The number of nitrogens with one attached hydrogen (secondary N) is 2. The monoisotopic (exact) mass is 605 g/mol. The number of ether oxygens (including phenoxy) is 2. The number of methoxy groups -OCH3 is 2. The zero-order valence-electron chi connectivity index (χ0n) is 24.9. The van der Waals surface area contributed by atoms with Gasteiger partial charge >= 0.3 is 5.97 Å². The van der Waals surface area contributed by atoms with E-state index in [0.717, 1.165) is 11.3 Å². The molecule has 0 aliphatic carbocycles. The molecule has 2 heterocycles. The molecule has 5 rings (SSSR count). The maximum Gasteiger partial charge on any atom is 0.339 e. The van der Waals surface area contributed by atoms with Crippen molar-refractivity contribution >= 4 is 46.2 Å². The number of hydrogen-bond acceptors (Lipinski definition) is 9. The smallest absolute Gasteiger partial charge is 0.339 e. The predicted octanol–water partition coefficient (Wildman–Crippen LogP) is 6.04. The highest BCUT2D eigenvalue weighted by Gasteiger charge is 2.37. The highest BCUT2D eigenvalue weighted by Crippen LogP contribution is 2.42. The first-order chi connectivity index (χ1) is 20.3. The van der Waals surface area contributed by atoms with Gasteiger partial charge in [-0.15, -0.1) is 0 Å². The fraction of sp³-hybridized carbons (Fsp3) is 0.312. The first-order valence-electron chi connectivity index (χ1n) is 13.6. The lowest BCUT2D eigenvalue weighted by molar-refractivity contribution is 0.0601. The van der Waals surface area contributed by atoms with Crippen molar-refractivity contribution in [3.63, 3.8) is 0 Å². The minimum Gasteiger partial charge on any atom is -0.497 e. The predicted molar refractivity (Wildman–Crippen MR) is 165 cm³/mol. The van der Waals surface area contributed by atoms with Gasteiger partial charge in [-0.1, -0.05) is 32.4 Å². The van der Waals surface area contributed by atoms with E-state index in [1.165, 1.54) is 25.2 Å². The van der Waals surface area contributed by atoms with Crippen LogP contribution >= 0.6 is 11.6 Å². The summed E-state index contributed by atoms with van der Waals surface area (Å²) in [6.07, 6.45) is 0. The second-order valence-electron chi connectivity index (χ2n) is 11.6. The number of halogens is 1. The third kappa shape index (κ3) is 5.16. The first kappa shape index (κ1) is 29.9. The molecular formula is C32H32ClN3O7. The fourth-order valence-electron chi connectivity index (χ4n) is 5.22. The van der Waals surface area contributed by atoms with Gasteiger partial charge in [-0.05, 0) is 55.2 Å². The Bertz CT molecular complexity index is 1820. The zero-order chi connectivity index (χ0) is 31.4. The second kappa shape index (κ2) is 10.9. The van der Waals surface area contributed by atoms with E-state index in [-0.39, 0.29) is 40.1 Å². The molecule has 3 aromatic carbocycles. The molecule has 1 atom stereocenters. The van der Waals surface area contributed by atoms with E-state index in [0.29, 0.717) is 27.8 Å². The van der Waals surface area contributed by atoms with Crippen LogP contribution in [0.1, 0.15) is 70.2 Å². The molecular weight excluding hydrogens is 574 g/mol. The standard InChI is InChI=1S/C32H32ClN3O7/c1-15-12-23(43-16(15)2)29(32(3,4)5)35-26-25(27(37)28(26)38)34-21-11-10-20(33)19-14-36(30(39)24(19)21)22-13-17(41-6)8-9-18(22)31(40)42-7/h8-13,29,34-35H,14H2,1-7H3/t29-/m0/s1. The van der Waals surface area contributed by atoms with Crippen LogP contribution in [0.25, 0.3) is 0 Å². The van der Waals surface area contributed by atoms with Gasteiger partial charge in [0.1, 0.15) is 28.6 Å². The number of carbonyl (C=O) groups is 2. The normalized spacial score (nSPS) is 13.7. The van der Waals surface area contributed by atoms with E-state index in [9.17, 15) is 19.2 Å². The van der Waals surface area contributed by atoms with Crippen LogP contribution in [0.2, 0.25) is 5.02 Å². The highest BCUT2D eigenvalue weighted by molar-refractivity contribution is 6.33. The number of anilines is 4. The van der Waals surface area contributed by atoms with Gasteiger partial charge in [0.05, 0.1) is 49.3 Å². The van der Waals surface area contributed by atoms with Crippen LogP contribution < -0.4 is 31.1 Å². The van der Waals surface area contributed by atoms with Crippen molar-refractivity contribution in [1.82, 2.24) is 0 Å². The molecule has 10 nitrogen and oxygen atoms in total. The summed E-state index contributed by atoms with van der Waals surface area (Å²) in [4.78, 5) is 53.5. The average Bonchev–Trinajstić information content (AvgIpc) is 3.50. The van der Waals surface area contributed by atoms with Crippen molar-refractivity contribution in [2.45, 2.75) is 47.2 Å². The second-order valence-corrected chi connectivity index (χ2v) is 12.0. The molecule has 0 fully saturated rings. The van der Waals surface area contributed by atoms with Crippen LogP contribution in [0.4, 0.5) is 22.7 Å². The topological polar surface area (TPSA) is 127 Å². The number of nitrogens with zero attached hydrogens (tertiary/aromatic N) is 1. The lowest BCUT2D eigenvalue weighted by Gasteiger charge is -2.31. The van der Waals surface area contributed by atoms with E-state index in [1.54, 1.807) is 24.3 Å². The first-order valence-corrected chi connectivity index (χ1v) is 14.0. The fourth-order valence-corrected chi connectivity index (χ4v) is 5.43. The Labute approximate surface area is 253 Å². The molecule has 0 bridgehead atoms. The number of furan rings is 1. The third-order valence-electron chi connectivity index (χ3n) is 7.73. The van der Waals surface area contributed by atoms with E-state index in [4.69, 9.17) is 25.5 Å². The maximum absolute atomic E-state index is 13.9. The number of amides is 1. The Hall–Kier alpha value is -4.57. The molecule has 0 saturated carbocycles. The number of aryl methyl sites for hydroxylation is 2. The summed E-state index contributed by atoms with van der Waals surface area (Å²) in [6.45, 7) is 9.85. The van der Waals surface area contributed by atoms with Gasteiger partial charge in [0.2, 0.25) is 0 Å². The molecule has 0 unspecified atom stereocenters. The lowest BCUT2D eigenvalue weighted by Crippen LogP contribution is -2.39. The Morgan fingerprint density at radius 3 is 2.33 bits per heavy atom. The summed E-state index contributed by atoms with van der Waals surface area (Å²) in [5.74, 6) is 0.756. The summed E-state index contributed by atoms with van der Waals surface area (Å²) < 4.78 is 16.2. The minimum absolute atomic E-state index is 0.0339. The van der Waals surface area contributed by atoms with E-state index < -0.39 is 28.8 Å². The molecule has 1 aromatic heterocycles. The Kier molecular flexibility index (Phi) is 7.60. The number of benzene rings is 2. The van der Waals surface area contributed by atoms with Crippen molar-refractivity contribution < 1.29 is 23.5 Å². The number of fused-ring (bicyclic) bond motifs is 1. The molecule has 1 aliphatic heterocycles. The van der Waals surface area contributed by atoms with Crippen molar-refractivity contribution in [2.75, 3.05) is 29.8 Å². The Balaban J connectivity index is 1.52. The van der Waals surface area contributed by atoms with Crippen LogP contribution in [0.3, 0.4) is 0 Å². The summed E-state index contributed by atoms with van der Waals surface area (Å²) in [5, 5.41) is 6.59. The van der Waals surface area contributed by atoms with Crippen molar-refractivity contribution in [3.05, 3.63) is 95.6 Å². The molecule has 0 saturated heterocycles. The SMILES string of the molecule is COC(=O)c1ccc(OC)cc1N1Cc2c(Cl)ccc(Nc3c(N[C@@H](c4cc(C)c(C)o4)C(C)(C)C)c(=O)c3=O)c2C1=O. The highest BCUT2D eigenvalue weighted by atomic mass is 35.5. The van der Waals surface area contributed by atoms with Crippen LogP contribution in [-0.2, 0) is 11.3 Å². The largest absolute Gasteiger partial charge is 0.497 e. The van der Waals surface area contributed by atoms with Gasteiger partial charge < -0.3 is 29.4 Å². The molecule has 43 heavy (non-hydrogen) atoms. The minimum atomic E-state index is -0.714. The molecule has 11 heteroatoms. The average molecular weight is 606 g/mol. The van der Waals surface area contributed by atoms with Gasteiger partial charge in [0, 0.05) is 16.7 Å². The summed E-state index contributed by atoms with van der Waals surface area (Å²) in [5.41, 5.74) is 0.788. The summed E-state index contributed by atoms with van der Waals surface area (Å²) in [6, 6.07) is 9.36. The van der Waals surface area contributed by atoms with E-state index >= 15 is 0 Å². The molecule has 0 radical (unpaired) electrons. The van der Waals surface area contributed by atoms with Crippen molar-refractivity contribution in [3.8, 4) is 5.75 Å². The van der Waals surface area contributed by atoms with Crippen LogP contribution in [-0.4, -0.2) is 26.1 Å². The van der Waals surface area contributed by atoms with Crippen molar-refractivity contribution in [2.24, 2.45) is 5.41 Å². The van der Waals surface area contributed by atoms with Gasteiger partial charge in [-0.2, -0.15) is 0 Å². The number of rotatable bonds is 8. The van der Waals surface area contributed by atoms with Crippen LogP contribution in [0.5, 0.6) is 5.75 Å². The summed E-state index contributed by atoms with van der Waals surface area (Å²) >= 11 is 6.54. The van der Waals surface area contributed by atoms with Crippen LogP contribution in [0, 0.1) is 19.3 Å². The third-order valence-corrected chi connectivity index (χ3v) is 8.08. The zero-order valence-corrected chi connectivity index (χ0v) is 25.7. The molecule has 0 spiro atoms.